The van der Waals surface area contributed by atoms with Gasteiger partial charge in [-0.15, -0.1) is 0 Å². The number of nitrogens with zero attached hydrogens (tertiary/aromatic N) is 3. The predicted molar refractivity (Wildman–Crippen MR) is 96.7 cm³/mol. The number of carbonyl (C=O) groups excluding carboxylic acids is 1. The van der Waals surface area contributed by atoms with Crippen LogP contribution in [0.2, 0.25) is 0 Å². The summed E-state index contributed by atoms with van der Waals surface area (Å²) in [5.74, 6) is 0.154. The van der Waals surface area contributed by atoms with E-state index in [0.717, 1.165) is 0 Å². The van der Waals surface area contributed by atoms with Gasteiger partial charge in [-0.25, -0.2) is 4.79 Å². The molecule has 0 saturated heterocycles. The summed E-state index contributed by atoms with van der Waals surface area (Å²) in [5.41, 5.74) is -0.254. The molecule has 0 spiro atoms. The Morgan fingerprint density at radius 2 is 2.00 bits per heavy atom. The Labute approximate surface area is 148 Å². The van der Waals surface area contributed by atoms with Crippen molar-refractivity contribution >= 4 is 22.9 Å². The molecule has 26 heavy (non-hydrogen) atoms. The molecule has 1 aromatic carbocycles. The molecule has 9 heteroatoms. The predicted octanol–water partition coefficient (Wildman–Crippen LogP) is 0.364. The van der Waals surface area contributed by atoms with Crippen LogP contribution in [-0.2, 0) is 18.3 Å². The summed E-state index contributed by atoms with van der Waals surface area (Å²) in [4.78, 5) is 43.4. The Balaban J connectivity index is 2.10. The molecule has 0 aliphatic rings. The number of aromatic amines is 1. The summed E-state index contributed by atoms with van der Waals surface area (Å²) in [6.07, 6.45) is 0. The van der Waals surface area contributed by atoms with E-state index in [-0.39, 0.29) is 23.5 Å². The van der Waals surface area contributed by atoms with Crippen LogP contribution in [0, 0.1) is 0 Å². The quantitative estimate of drug-likeness (QED) is 0.467. The van der Waals surface area contributed by atoms with E-state index in [1.165, 1.54) is 16.2 Å². The van der Waals surface area contributed by atoms with Gasteiger partial charge in [0, 0.05) is 26.3 Å². The minimum Gasteiger partial charge on any atom is -0.383 e. The van der Waals surface area contributed by atoms with Gasteiger partial charge in [0.2, 0.25) is 5.95 Å². The van der Waals surface area contributed by atoms with Crippen molar-refractivity contribution in [1.82, 2.24) is 19.1 Å². The molecular weight excluding hydrogens is 338 g/mol. The topological polar surface area (TPSA) is 111 Å². The van der Waals surface area contributed by atoms with E-state index in [0.29, 0.717) is 24.7 Å². The first-order valence-corrected chi connectivity index (χ1v) is 8.03. The van der Waals surface area contributed by atoms with Gasteiger partial charge in [0.15, 0.2) is 16.9 Å². The highest BCUT2D eigenvalue weighted by Crippen LogP contribution is 2.16. The van der Waals surface area contributed by atoms with E-state index >= 15 is 0 Å². The Hall–Kier alpha value is -3.20. The molecule has 0 unspecified atom stereocenters. The zero-order valence-electron chi connectivity index (χ0n) is 14.5. The molecular formula is C17H19N5O4. The van der Waals surface area contributed by atoms with Crippen LogP contribution < -0.4 is 16.6 Å². The average Bonchev–Trinajstić information content (AvgIpc) is 3.00. The van der Waals surface area contributed by atoms with Crippen LogP contribution >= 0.6 is 0 Å². The number of ketones is 1. The van der Waals surface area contributed by atoms with Crippen LogP contribution in [0.3, 0.4) is 0 Å². The number of aryl methyl sites for hydroxylation is 1. The van der Waals surface area contributed by atoms with Crippen molar-refractivity contribution in [1.29, 1.82) is 0 Å². The van der Waals surface area contributed by atoms with Crippen molar-refractivity contribution in [2.75, 3.05) is 25.6 Å². The zero-order chi connectivity index (χ0) is 18.7. The number of hydrogen-bond donors (Lipinski definition) is 2. The van der Waals surface area contributed by atoms with Gasteiger partial charge >= 0.3 is 5.69 Å². The Morgan fingerprint density at radius 1 is 1.27 bits per heavy atom. The first-order valence-electron chi connectivity index (χ1n) is 8.03. The molecule has 2 N–H and O–H groups in total. The van der Waals surface area contributed by atoms with E-state index in [1.807, 2.05) is 6.07 Å². The van der Waals surface area contributed by atoms with Crippen molar-refractivity contribution in [3.8, 4) is 0 Å². The average molecular weight is 357 g/mol. The zero-order valence-corrected chi connectivity index (χ0v) is 14.5. The highest BCUT2D eigenvalue weighted by Gasteiger charge is 2.19. The van der Waals surface area contributed by atoms with Gasteiger partial charge < -0.3 is 10.1 Å². The number of anilines is 1. The van der Waals surface area contributed by atoms with Crippen molar-refractivity contribution in [2.45, 2.75) is 6.54 Å². The number of fused-ring (bicyclic) bond motifs is 1. The minimum atomic E-state index is -0.587. The second kappa shape index (κ2) is 7.36. The molecule has 0 aliphatic heterocycles. The third-order valence-electron chi connectivity index (χ3n) is 3.99. The number of aromatic nitrogens is 4. The Morgan fingerprint density at radius 3 is 2.69 bits per heavy atom. The van der Waals surface area contributed by atoms with Crippen molar-refractivity contribution in [2.24, 2.45) is 7.05 Å². The molecule has 3 aromatic rings. The fraction of sp³-hybridized carbons (Fsp3) is 0.294. The number of Topliss-reactive ketones (excluding diaryl/α,β-unsaturated/α-hetero) is 1. The van der Waals surface area contributed by atoms with Gasteiger partial charge in [0.25, 0.3) is 5.56 Å². The molecule has 2 aromatic heterocycles. The molecule has 0 amide bonds. The minimum absolute atomic E-state index is 0.0862. The van der Waals surface area contributed by atoms with Crippen LogP contribution in [0.5, 0.6) is 0 Å². The summed E-state index contributed by atoms with van der Waals surface area (Å²) in [5, 5.41) is 3.04. The summed E-state index contributed by atoms with van der Waals surface area (Å²) in [6.45, 7) is 0.771. The first kappa shape index (κ1) is 17.6. The largest absolute Gasteiger partial charge is 0.383 e. The monoisotopic (exact) mass is 357 g/mol. The SMILES string of the molecule is COCCNc1nc2c(c(=O)[nH]c(=O)n2C)n1CC(=O)c1ccccc1. The van der Waals surface area contributed by atoms with Gasteiger partial charge in [-0.1, -0.05) is 30.3 Å². The normalized spacial score (nSPS) is 11.0. The van der Waals surface area contributed by atoms with E-state index < -0.39 is 11.2 Å². The number of methoxy groups -OCH3 is 1. The highest BCUT2D eigenvalue weighted by atomic mass is 16.5. The van der Waals surface area contributed by atoms with Crippen LogP contribution in [0.25, 0.3) is 11.2 Å². The summed E-state index contributed by atoms with van der Waals surface area (Å²) in [6, 6.07) is 8.78. The fourth-order valence-electron chi connectivity index (χ4n) is 2.65. The summed E-state index contributed by atoms with van der Waals surface area (Å²) >= 11 is 0. The third-order valence-corrected chi connectivity index (χ3v) is 3.99. The number of ether oxygens (including phenoxy) is 1. The van der Waals surface area contributed by atoms with Crippen LogP contribution in [0.15, 0.2) is 39.9 Å². The molecule has 0 aliphatic carbocycles. The van der Waals surface area contributed by atoms with Crippen molar-refractivity contribution in [3.63, 3.8) is 0 Å². The van der Waals surface area contributed by atoms with Gasteiger partial charge in [-0.05, 0) is 0 Å². The number of H-pyrrole nitrogens is 1. The van der Waals surface area contributed by atoms with Crippen LogP contribution in [0.1, 0.15) is 10.4 Å². The smallest absolute Gasteiger partial charge is 0.329 e. The molecule has 2 heterocycles. The lowest BCUT2D eigenvalue weighted by Gasteiger charge is -2.09. The molecule has 0 saturated carbocycles. The maximum atomic E-state index is 12.6. The molecule has 0 radical (unpaired) electrons. The third kappa shape index (κ3) is 3.29. The lowest BCUT2D eigenvalue weighted by atomic mass is 10.1. The lowest BCUT2D eigenvalue weighted by molar-refractivity contribution is 0.0974. The number of benzene rings is 1. The molecule has 9 nitrogen and oxygen atoms in total. The Kier molecular flexibility index (Phi) is 4.99. The molecule has 136 valence electrons. The fourth-order valence-corrected chi connectivity index (χ4v) is 2.65. The number of carbonyl (C=O) groups is 1. The number of nitrogens with one attached hydrogen (secondary N) is 2. The second-order valence-electron chi connectivity index (χ2n) is 5.72. The standard InChI is InChI=1S/C17H19N5O4/c1-21-14-13(15(24)20-17(21)25)22(16(19-14)18-8-9-26-2)10-12(23)11-6-4-3-5-7-11/h3-7H,8-10H2,1-2H3,(H,18,19)(H,20,24,25). The molecule has 0 atom stereocenters. The summed E-state index contributed by atoms with van der Waals surface area (Å²) < 4.78 is 7.73. The first-order chi connectivity index (χ1) is 12.5. The van der Waals surface area contributed by atoms with Gasteiger partial charge in [-0.2, -0.15) is 4.98 Å². The maximum Gasteiger partial charge on any atom is 0.329 e. The lowest BCUT2D eigenvalue weighted by Crippen LogP contribution is -2.29. The summed E-state index contributed by atoms with van der Waals surface area (Å²) in [7, 11) is 3.08. The van der Waals surface area contributed by atoms with E-state index in [2.05, 4.69) is 15.3 Å². The maximum absolute atomic E-state index is 12.6. The van der Waals surface area contributed by atoms with Gasteiger partial charge in [-0.3, -0.25) is 23.7 Å². The molecule has 3 rings (SSSR count). The van der Waals surface area contributed by atoms with Crippen molar-refractivity contribution in [3.05, 3.63) is 56.7 Å². The van der Waals surface area contributed by atoms with E-state index in [9.17, 15) is 14.4 Å². The number of imidazole rings is 1. The Bertz CT molecular complexity index is 1050. The molecule has 0 fully saturated rings. The van der Waals surface area contributed by atoms with E-state index in [4.69, 9.17) is 4.74 Å². The van der Waals surface area contributed by atoms with Gasteiger partial charge in [0.1, 0.15) is 0 Å². The number of hydrogen-bond acceptors (Lipinski definition) is 6. The second-order valence-corrected chi connectivity index (χ2v) is 5.72. The van der Waals surface area contributed by atoms with Gasteiger partial charge in [0.05, 0.1) is 13.2 Å². The number of rotatable bonds is 7. The highest BCUT2D eigenvalue weighted by molar-refractivity contribution is 5.96. The van der Waals surface area contributed by atoms with Crippen LogP contribution in [0.4, 0.5) is 5.95 Å². The van der Waals surface area contributed by atoms with E-state index in [1.54, 1.807) is 31.4 Å². The molecule has 0 bridgehead atoms. The van der Waals surface area contributed by atoms with Crippen LogP contribution in [-0.4, -0.2) is 45.1 Å². The van der Waals surface area contributed by atoms with Crippen molar-refractivity contribution < 1.29 is 9.53 Å².